The van der Waals surface area contributed by atoms with E-state index < -0.39 is 0 Å². The first-order valence-electron chi connectivity index (χ1n) is 4.80. The lowest BCUT2D eigenvalue weighted by molar-refractivity contribution is -0.137. The molecule has 0 aliphatic rings. The van der Waals surface area contributed by atoms with Gasteiger partial charge < -0.3 is 15.5 Å². The summed E-state index contributed by atoms with van der Waals surface area (Å²) in [6.45, 7) is 2.13. The highest BCUT2D eigenvalue weighted by Gasteiger charge is 2.02. The zero-order valence-electron chi connectivity index (χ0n) is 8.64. The van der Waals surface area contributed by atoms with Crippen molar-refractivity contribution in [1.29, 1.82) is 0 Å². The van der Waals surface area contributed by atoms with Crippen LogP contribution < -0.4 is 5.73 Å². The van der Waals surface area contributed by atoms with Crippen molar-refractivity contribution in [2.45, 2.75) is 19.4 Å². The molecule has 82 valence electrons. The summed E-state index contributed by atoms with van der Waals surface area (Å²) >= 11 is 0. The van der Waals surface area contributed by atoms with E-state index in [9.17, 15) is 4.79 Å². The van der Waals surface area contributed by atoms with Gasteiger partial charge in [0.2, 0.25) is 0 Å². The molecule has 0 aliphatic carbocycles. The van der Waals surface area contributed by atoms with Crippen LogP contribution in [0.1, 0.15) is 12.6 Å². The first-order valence-corrected chi connectivity index (χ1v) is 4.80. The van der Waals surface area contributed by atoms with E-state index in [1.165, 1.54) is 6.08 Å². The molecule has 1 aromatic rings. The highest BCUT2D eigenvalue weighted by atomic mass is 16.5. The van der Waals surface area contributed by atoms with Gasteiger partial charge in [-0.1, -0.05) is 6.08 Å². The van der Waals surface area contributed by atoms with Gasteiger partial charge in [-0.05, 0) is 6.92 Å². The molecule has 0 unspecified atom stereocenters. The average molecular weight is 209 g/mol. The maximum absolute atomic E-state index is 11.0. The van der Waals surface area contributed by atoms with Gasteiger partial charge in [0.05, 0.1) is 12.9 Å². The lowest BCUT2D eigenvalue weighted by Gasteiger charge is -2.03. The van der Waals surface area contributed by atoms with Crippen LogP contribution in [0.5, 0.6) is 0 Å². The standard InChI is InChI=1S/C10H15N3O2/c1-2-15-10(14)4-3-8(11)5-9-6-12-7-13-9/h3-4,6-8H,2,5,11H2,1H3,(H,12,13)/b4-3+/t8-/m0/s1. The Morgan fingerprint density at radius 3 is 3.20 bits per heavy atom. The Balaban J connectivity index is 2.35. The number of carbonyl (C=O) groups is 1. The number of aromatic nitrogens is 2. The third-order valence-corrected chi connectivity index (χ3v) is 1.78. The molecule has 0 amide bonds. The van der Waals surface area contributed by atoms with Crippen molar-refractivity contribution in [2.24, 2.45) is 5.73 Å². The van der Waals surface area contributed by atoms with Crippen LogP contribution in [0.2, 0.25) is 0 Å². The summed E-state index contributed by atoms with van der Waals surface area (Å²) in [4.78, 5) is 17.8. The van der Waals surface area contributed by atoms with Crippen molar-refractivity contribution in [2.75, 3.05) is 6.61 Å². The summed E-state index contributed by atoms with van der Waals surface area (Å²) < 4.78 is 4.73. The van der Waals surface area contributed by atoms with Crippen LogP contribution in [0.25, 0.3) is 0 Å². The predicted octanol–water partition coefficient (Wildman–Crippen LogP) is 0.399. The van der Waals surface area contributed by atoms with Gasteiger partial charge in [0.25, 0.3) is 0 Å². The van der Waals surface area contributed by atoms with E-state index in [4.69, 9.17) is 10.5 Å². The van der Waals surface area contributed by atoms with Gasteiger partial charge in [-0.25, -0.2) is 9.78 Å². The Labute approximate surface area is 88.3 Å². The van der Waals surface area contributed by atoms with E-state index in [1.54, 1.807) is 25.5 Å². The molecule has 5 nitrogen and oxygen atoms in total. The van der Waals surface area contributed by atoms with Crippen LogP contribution >= 0.6 is 0 Å². The van der Waals surface area contributed by atoms with Crippen molar-refractivity contribution in [3.63, 3.8) is 0 Å². The molecule has 1 heterocycles. The molecule has 0 spiro atoms. The first kappa shape index (κ1) is 11.5. The van der Waals surface area contributed by atoms with Crippen molar-refractivity contribution < 1.29 is 9.53 Å². The van der Waals surface area contributed by atoms with Crippen molar-refractivity contribution in [1.82, 2.24) is 9.97 Å². The van der Waals surface area contributed by atoms with E-state index in [2.05, 4.69) is 9.97 Å². The molecule has 0 saturated carbocycles. The van der Waals surface area contributed by atoms with Crippen LogP contribution in [0.15, 0.2) is 24.7 Å². The summed E-state index contributed by atoms with van der Waals surface area (Å²) in [7, 11) is 0. The minimum absolute atomic E-state index is 0.213. The number of aromatic amines is 1. The van der Waals surface area contributed by atoms with Gasteiger partial charge in [0.1, 0.15) is 0 Å². The third kappa shape index (κ3) is 4.42. The lowest BCUT2D eigenvalue weighted by Crippen LogP contribution is -2.20. The fourth-order valence-electron chi connectivity index (χ4n) is 1.11. The highest BCUT2D eigenvalue weighted by molar-refractivity contribution is 5.81. The van der Waals surface area contributed by atoms with Crippen molar-refractivity contribution in [3.05, 3.63) is 30.4 Å². The van der Waals surface area contributed by atoms with Gasteiger partial charge in [0.15, 0.2) is 0 Å². The third-order valence-electron chi connectivity index (χ3n) is 1.78. The number of nitrogens with one attached hydrogen (secondary N) is 1. The van der Waals surface area contributed by atoms with E-state index in [1.807, 2.05) is 0 Å². The van der Waals surface area contributed by atoms with Gasteiger partial charge in [-0.2, -0.15) is 0 Å². The van der Waals surface area contributed by atoms with Crippen LogP contribution in [0, 0.1) is 0 Å². The van der Waals surface area contributed by atoms with Crippen LogP contribution in [0.4, 0.5) is 0 Å². The second-order valence-corrected chi connectivity index (χ2v) is 3.06. The smallest absolute Gasteiger partial charge is 0.330 e. The molecule has 0 aliphatic heterocycles. The summed E-state index contributed by atoms with van der Waals surface area (Å²) in [6.07, 6.45) is 6.90. The number of carbonyl (C=O) groups excluding carboxylic acids is 1. The van der Waals surface area contributed by atoms with Crippen molar-refractivity contribution >= 4 is 5.97 Å². The Morgan fingerprint density at radius 1 is 1.80 bits per heavy atom. The molecule has 15 heavy (non-hydrogen) atoms. The molecule has 1 rings (SSSR count). The number of hydrogen-bond acceptors (Lipinski definition) is 4. The van der Waals surface area contributed by atoms with Gasteiger partial charge in [-0.15, -0.1) is 0 Å². The lowest BCUT2D eigenvalue weighted by atomic mass is 10.1. The number of nitrogens with zero attached hydrogens (tertiary/aromatic N) is 1. The normalized spacial score (nSPS) is 12.9. The largest absolute Gasteiger partial charge is 0.463 e. The minimum Gasteiger partial charge on any atom is -0.463 e. The zero-order chi connectivity index (χ0) is 11.1. The molecule has 0 aromatic carbocycles. The monoisotopic (exact) mass is 209 g/mol. The van der Waals surface area contributed by atoms with Gasteiger partial charge in [0, 0.05) is 30.4 Å². The van der Waals surface area contributed by atoms with E-state index in [0.717, 1.165) is 5.69 Å². The molecule has 0 bridgehead atoms. The minimum atomic E-state index is -0.363. The number of esters is 1. The molecule has 3 N–H and O–H groups in total. The molecule has 5 heteroatoms. The average Bonchev–Trinajstić information content (AvgIpc) is 2.68. The van der Waals surface area contributed by atoms with Crippen LogP contribution in [-0.2, 0) is 16.0 Å². The quantitative estimate of drug-likeness (QED) is 0.543. The number of nitrogens with two attached hydrogens (primary N) is 1. The summed E-state index contributed by atoms with van der Waals surface area (Å²) in [5.41, 5.74) is 6.71. The van der Waals surface area contributed by atoms with Crippen LogP contribution in [0.3, 0.4) is 0 Å². The maximum Gasteiger partial charge on any atom is 0.330 e. The van der Waals surface area contributed by atoms with Crippen molar-refractivity contribution in [3.8, 4) is 0 Å². The van der Waals surface area contributed by atoms with Crippen LogP contribution in [-0.4, -0.2) is 28.6 Å². The summed E-state index contributed by atoms with van der Waals surface area (Å²) in [5.74, 6) is -0.363. The zero-order valence-corrected chi connectivity index (χ0v) is 8.64. The highest BCUT2D eigenvalue weighted by Crippen LogP contribution is 1.97. The Kier molecular flexibility index (Phi) is 4.56. The number of ether oxygens (including phenoxy) is 1. The predicted molar refractivity (Wildman–Crippen MR) is 56.0 cm³/mol. The topological polar surface area (TPSA) is 81.0 Å². The SMILES string of the molecule is CCOC(=O)/C=C/[C@H](N)Cc1cnc[nH]1. The summed E-state index contributed by atoms with van der Waals surface area (Å²) in [6, 6.07) is -0.213. The van der Waals surface area contributed by atoms with E-state index in [0.29, 0.717) is 13.0 Å². The molecular formula is C10H15N3O2. The van der Waals surface area contributed by atoms with E-state index >= 15 is 0 Å². The Hall–Kier alpha value is -1.62. The second-order valence-electron chi connectivity index (χ2n) is 3.06. The molecule has 0 radical (unpaired) electrons. The summed E-state index contributed by atoms with van der Waals surface area (Å²) in [5, 5.41) is 0. The fourth-order valence-corrected chi connectivity index (χ4v) is 1.11. The molecular weight excluding hydrogens is 194 g/mol. The van der Waals surface area contributed by atoms with Gasteiger partial charge in [-0.3, -0.25) is 0 Å². The number of rotatable bonds is 5. The maximum atomic E-state index is 11.0. The Morgan fingerprint density at radius 2 is 2.60 bits per heavy atom. The molecule has 0 fully saturated rings. The number of imidazole rings is 1. The number of hydrogen-bond donors (Lipinski definition) is 2. The van der Waals surface area contributed by atoms with E-state index in [-0.39, 0.29) is 12.0 Å². The molecule has 1 atom stereocenters. The second kappa shape index (κ2) is 5.98. The molecule has 0 saturated heterocycles. The van der Waals surface area contributed by atoms with Gasteiger partial charge >= 0.3 is 5.97 Å². The Bertz CT molecular complexity index is 319. The fraction of sp³-hybridized carbons (Fsp3) is 0.400. The molecule has 1 aromatic heterocycles. The first-order chi connectivity index (χ1) is 7.22. The number of H-pyrrole nitrogens is 1.